The van der Waals surface area contributed by atoms with Crippen LogP contribution in [-0.2, 0) is 4.79 Å². The molecule has 0 spiro atoms. The van der Waals surface area contributed by atoms with E-state index < -0.39 is 18.0 Å². The van der Waals surface area contributed by atoms with Crippen molar-refractivity contribution in [2.75, 3.05) is 0 Å². The lowest BCUT2D eigenvalue weighted by Crippen LogP contribution is -2.48. The summed E-state index contributed by atoms with van der Waals surface area (Å²) in [6.07, 6.45) is 1.78. The van der Waals surface area contributed by atoms with Crippen LogP contribution in [0.15, 0.2) is 0 Å². The Bertz CT molecular complexity index is 236. The number of nitrogens with one attached hydrogen (secondary N) is 2. The second-order valence-corrected chi connectivity index (χ2v) is 3.93. The van der Waals surface area contributed by atoms with Crippen molar-refractivity contribution in [2.24, 2.45) is 5.92 Å². The average molecular weight is 200 g/mol. The molecule has 1 fully saturated rings. The van der Waals surface area contributed by atoms with Crippen LogP contribution in [0, 0.1) is 5.92 Å². The van der Waals surface area contributed by atoms with Gasteiger partial charge in [-0.2, -0.15) is 0 Å². The predicted molar refractivity (Wildman–Crippen MR) is 51.0 cm³/mol. The summed E-state index contributed by atoms with van der Waals surface area (Å²) in [4.78, 5) is 22.0. The van der Waals surface area contributed by atoms with Crippen molar-refractivity contribution in [3.8, 4) is 0 Å². The van der Waals surface area contributed by atoms with Gasteiger partial charge in [0.1, 0.15) is 6.04 Å². The Balaban J connectivity index is 2.39. The van der Waals surface area contributed by atoms with Crippen molar-refractivity contribution in [3.05, 3.63) is 0 Å². The van der Waals surface area contributed by atoms with Crippen LogP contribution in [0.2, 0.25) is 0 Å². The van der Waals surface area contributed by atoms with Gasteiger partial charge in [0, 0.05) is 6.04 Å². The van der Waals surface area contributed by atoms with E-state index in [0.29, 0.717) is 0 Å². The van der Waals surface area contributed by atoms with E-state index in [1.165, 1.54) is 0 Å². The molecule has 0 aromatic carbocycles. The Morgan fingerprint density at radius 3 is 2.21 bits per heavy atom. The van der Waals surface area contributed by atoms with Gasteiger partial charge in [0.2, 0.25) is 0 Å². The van der Waals surface area contributed by atoms with Crippen molar-refractivity contribution in [2.45, 2.75) is 38.8 Å². The van der Waals surface area contributed by atoms with E-state index in [-0.39, 0.29) is 12.0 Å². The van der Waals surface area contributed by atoms with E-state index >= 15 is 0 Å². The van der Waals surface area contributed by atoms with E-state index in [4.69, 9.17) is 5.11 Å². The zero-order valence-electron chi connectivity index (χ0n) is 8.41. The van der Waals surface area contributed by atoms with Crippen LogP contribution in [-0.4, -0.2) is 29.2 Å². The maximum Gasteiger partial charge on any atom is 0.326 e. The minimum atomic E-state index is -0.952. The summed E-state index contributed by atoms with van der Waals surface area (Å²) in [7, 11) is 0. The highest BCUT2D eigenvalue weighted by Crippen LogP contribution is 2.32. The first-order valence-electron chi connectivity index (χ1n) is 4.80. The minimum absolute atomic E-state index is 0.0173. The Morgan fingerprint density at radius 2 is 1.86 bits per heavy atom. The zero-order valence-corrected chi connectivity index (χ0v) is 8.41. The summed E-state index contributed by atoms with van der Waals surface area (Å²) < 4.78 is 0. The van der Waals surface area contributed by atoms with E-state index in [1.54, 1.807) is 0 Å². The van der Waals surface area contributed by atoms with Crippen molar-refractivity contribution in [1.82, 2.24) is 10.6 Å². The van der Waals surface area contributed by atoms with Gasteiger partial charge in [-0.1, -0.05) is 0 Å². The van der Waals surface area contributed by atoms with Crippen LogP contribution < -0.4 is 10.6 Å². The van der Waals surface area contributed by atoms with Crippen molar-refractivity contribution in [1.29, 1.82) is 0 Å². The lowest BCUT2D eigenvalue weighted by molar-refractivity contribution is -0.139. The smallest absolute Gasteiger partial charge is 0.326 e. The molecule has 0 radical (unpaired) electrons. The van der Waals surface area contributed by atoms with Gasteiger partial charge in [-0.05, 0) is 32.6 Å². The quantitative estimate of drug-likeness (QED) is 0.620. The molecular formula is C9H16N2O3. The number of carbonyl (C=O) groups excluding carboxylic acids is 1. The molecule has 80 valence electrons. The third-order valence-electron chi connectivity index (χ3n) is 2.07. The zero-order chi connectivity index (χ0) is 10.7. The highest BCUT2D eigenvalue weighted by molar-refractivity contribution is 5.83. The number of aliphatic carboxylic acids is 1. The molecule has 3 N–H and O–H groups in total. The maximum atomic E-state index is 11.2. The summed E-state index contributed by atoms with van der Waals surface area (Å²) in [6, 6.07) is -1.11. The number of amides is 2. The third kappa shape index (κ3) is 3.24. The average Bonchev–Trinajstić information content (AvgIpc) is 2.80. The molecular weight excluding hydrogens is 184 g/mol. The number of hydrogen-bond acceptors (Lipinski definition) is 2. The highest BCUT2D eigenvalue weighted by atomic mass is 16.4. The second-order valence-electron chi connectivity index (χ2n) is 3.93. The predicted octanol–water partition coefficient (Wildman–Crippen LogP) is 0.557. The van der Waals surface area contributed by atoms with E-state index in [1.807, 2.05) is 13.8 Å². The first-order valence-corrected chi connectivity index (χ1v) is 4.80. The minimum Gasteiger partial charge on any atom is -0.480 e. The van der Waals surface area contributed by atoms with Crippen LogP contribution in [0.3, 0.4) is 0 Å². The number of carboxylic acid groups (broad SMARTS) is 1. The molecule has 0 bridgehead atoms. The molecule has 1 aliphatic carbocycles. The first kappa shape index (κ1) is 10.8. The number of carbonyl (C=O) groups is 2. The van der Waals surface area contributed by atoms with Gasteiger partial charge in [-0.25, -0.2) is 9.59 Å². The number of carboxylic acids is 1. The fourth-order valence-electron chi connectivity index (χ4n) is 1.26. The van der Waals surface area contributed by atoms with E-state index in [9.17, 15) is 9.59 Å². The standard InChI is InChI=1S/C9H16N2O3/c1-5(2)10-9(14)11-7(8(12)13)6-3-4-6/h5-7H,3-4H2,1-2H3,(H,12,13)(H2,10,11,14). The third-order valence-corrected chi connectivity index (χ3v) is 2.07. The monoisotopic (exact) mass is 200 g/mol. The van der Waals surface area contributed by atoms with Crippen LogP contribution in [0.1, 0.15) is 26.7 Å². The molecule has 14 heavy (non-hydrogen) atoms. The van der Waals surface area contributed by atoms with Crippen molar-refractivity contribution < 1.29 is 14.7 Å². The fourth-order valence-corrected chi connectivity index (χ4v) is 1.26. The molecule has 1 aliphatic rings. The Labute approximate surface area is 82.9 Å². The normalized spacial score (nSPS) is 17.6. The maximum absolute atomic E-state index is 11.2. The summed E-state index contributed by atoms with van der Waals surface area (Å²) in [6.45, 7) is 3.65. The van der Waals surface area contributed by atoms with Gasteiger partial charge in [0.15, 0.2) is 0 Å². The second kappa shape index (κ2) is 4.30. The van der Waals surface area contributed by atoms with Crippen LogP contribution >= 0.6 is 0 Å². The molecule has 1 atom stereocenters. The SMILES string of the molecule is CC(C)NC(=O)NC(C(=O)O)C1CC1. The Kier molecular flexibility index (Phi) is 3.33. The first-order chi connectivity index (χ1) is 6.50. The summed E-state index contributed by atoms with van der Waals surface area (Å²) in [5.74, 6) is -0.836. The van der Waals surface area contributed by atoms with Gasteiger partial charge < -0.3 is 15.7 Å². The molecule has 0 aliphatic heterocycles. The molecule has 2 amide bonds. The molecule has 0 aromatic rings. The lowest BCUT2D eigenvalue weighted by Gasteiger charge is -2.15. The van der Waals surface area contributed by atoms with Crippen LogP contribution in [0.4, 0.5) is 4.79 Å². The molecule has 5 heteroatoms. The number of hydrogen-bond donors (Lipinski definition) is 3. The van der Waals surface area contributed by atoms with Gasteiger partial charge in [-0.3, -0.25) is 0 Å². The summed E-state index contributed by atoms with van der Waals surface area (Å²) >= 11 is 0. The molecule has 1 saturated carbocycles. The topological polar surface area (TPSA) is 78.4 Å². The number of rotatable bonds is 4. The van der Waals surface area contributed by atoms with Gasteiger partial charge in [0.05, 0.1) is 0 Å². The van der Waals surface area contributed by atoms with Gasteiger partial charge >= 0.3 is 12.0 Å². The number of urea groups is 1. The Hall–Kier alpha value is -1.26. The molecule has 1 rings (SSSR count). The van der Waals surface area contributed by atoms with Crippen molar-refractivity contribution in [3.63, 3.8) is 0 Å². The summed E-state index contributed by atoms with van der Waals surface area (Å²) in [5.41, 5.74) is 0. The van der Waals surface area contributed by atoms with Crippen LogP contribution in [0.25, 0.3) is 0 Å². The molecule has 0 aromatic heterocycles. The van der Waals surface area contributed by atoms with Crippen molar-refractivity contribution >= 4 is 12.0 Å². The van der Waals surface area contributed by atoms with Gasteiger partial charge in [0.25, 0.3) is 0 Å². The molecule has 0 saturated heterocycles. The van der Waals surface area contributed by atoms with Gasteiger partial charge in [-0.15, -0.1) is 0 Å². The Morgan fingerprint density at radius 1 is 1.29 bits per heavy atom. The fraction of sp³-hybridized carbons (Fsp3) is 0.778. The summed E-state index contributed by atoms with van der Waals surface area (Å²) in [5, 5.41) is 13.9. The van der Waals surface area contributed by atoms with Crippen LogP contribution in [0.5, 0.6) is 0 Å². The largest absolute Gasteiger partial charge is 0.480 e. The highest BCUT2D eigenvalue weighted by Gasteiger charge is 2.37. The molecule has 5 nitrogen and oxygen atoms in total. The van der Waals surface area contributed by atoms with E-state index in [0.717, 1.165) is 12.8 Å². The molecule has 0 heterocycles. The van der Waals surface area contributed by atoms with E-state index in [2.05, 4.69) is 10.6 Å². The molecule has 1 unspecified atom stereocenters. The lowest BCUT2D eigenvalue weighted by atomic mass is 10.2.